The predicted octanol–water partition coefficient (Wildman–Crippen LogP) is 2.88. The molecule has 1 saturated heterocycles. The van der Waals surface area contributed by atoms with Crippen LogP contribution in [0.15, 0.2) is 24.4 Å². The molecule has 9 heteroatoms. The van der Waals surface area contributed by atoms with Gasteiger partial charge >= 0.3 is 5.97 Å². The van der Waals surface area contributed by atoms with E-state index in [1.165, 1.54) is 6.20 Å². The van der Waals surface area contributed by atoms with E-state index < -0.39 is 11.9 Å². The Morgan fingerprint density at radius 1 is 1.20 bits per heavy atom. The van der Waals surface area contributed by atoms with Gasteiger partial charge in [0.15, 0.2) is 5.69 Å². The molecule has 1 aliphatic rings. The molecule has 0 radical (unpaired) electrons. The summed E-state index contributed by atoms with van der Waals surface area (Å²) >= 11 is 12.1. The van der Waals surface area contributed by atoms with Crippen LogP contribution in [0.1, 0.15) is 33.7 Å². The summed E-state index contributed by atoms with van der Waals surface area (Å²) < 4.78 is 5.46. The van der Waals surface area contributed by atoms with Crippen LogP contribution in [0.3, 0.4) is 0 Å². The summed E-state index contributed by atoms with van der Waals surface area (Å²) in [6.07, 6.45) is 2.67. The molecular weight excluding hydrogens is 367 g/mol. The van der Waals surface area contributed by atoms with Crippen LogP contribution in [-0.2, 0) is 4.74 Å². The summed E-state index contributed by atoms with van der Waals surface area (Å²) in [5.74, 6) is -1.10. The Labute approximate surface area is 154 Å². The molecule has 1 aromatic carbocycles. The Balaban J connectivity index is 1.73. The first-order chi connectivity index (χ1) is 12.1. The van der Waals surface area contributed by atoms with Crippen molar-refractivity contribution in [2.75, 3.05) is 18.4 Å². The maximum atomic E-state index is 12.4. The second-order valence-corrected chi connectivity index (χ2v) is 6.38. The maximum Gasteiger partial charge on any atom is 0.358 e. The molecule has 1 amide bonds. The van der Waals surface area contributed by atoms with Crippen molar-refractivity contribution in [1.29, 1.82) is 0 Å². The number of nitrogens with zero attached hydrogens (tertiary/aromatic N) is 1. The molecule has 1 aliphatic heterocycles. The van der Waals surface area contributed by atoms with E-state index in [1.54, 1.807) is 18.2 Å². The molecular formula is C16H16Cl2N4O3. The quantitative estimate of drug-likeness (QED) is 0.706. The molecule has 0 spiro atoms. The van der Waals surface area contributed by atoms with Gasteiger partial charge in [-0.05, 0) is 38.1 Å². The number of H-pyrrole nitrogens is 1. The summed E-state index contributed by atoms with van der Waals surface area (Å²) in [4.78, 5) is 24.8. The Kier molecular flexibility index (Phi) is 5.57. The van der Waals surface area contributed by atoms with E-state index in [4.69, 9.17) is 27.9 Å². The minimum atomic E-state index is -0.565. The number of anilines is 1. The Bertz CT molecular complexity index is 767. The van der Waals surface area contributed by atoms with Crippen LogP contribution in [0, 0.1) is 0 Å². The number of hydrogen-bond acceptors (Lipinski definition) is 5. The number of ether oxygens (including phenoxy) is 1. The van der Waals surface area contributed by atoms with Crippen molar-refractivity contribution >= 4 is 40.8 Å². The summed E-state index contributed by atoms with van der Waals surface area (Å²) in [7, 11) is 0. The van der Waals surface area contributed by atoms with Crippen LogP contribution in [-0.4, -0.2) is 41.3 Å². The number of halogens is 2. The van der Waals surface area contributed by atoms with E-state index in [1.807, 2.05) is 0 Å². The monoisotopic (exact) mass is 382 g/mol. The minimum absolute atomic E-state index is 0.0788. The van der Waals surface area contributed by atoms with Crippen LogP contribution >= 0.6 is 23.2 Å². The molecule has 132 valence electrons. The fraction of sp³-hybridized carbons (Fsp3) is 0.312. The number of rotatable bonds is 4. The van der Waals surface area contributed by atoms with Gasteiger partial charge in [-0.15, -0.1) is 0 Å². The van der Waals surface area contributed by atoms with Crippen molar-refractivity contribution < 1.29 is 14.3 Å². The Hall–Kier alpha value is -2.09. The van der Waals surface area contributed by atoms with Gasteiger partial charge in [0.2, 0.25) is 0 Å². The maximum absolute atomic E-state index is 12.4. The molecule has 0 bridgehead atoms. The summed E-state index contributed by atoms with van der Waals surface area (Å²) in [5, 5.41) is 12.6. The van der Waals surface area contributed by atoms with Crippen molar-refractivity contribution in [3.05, 3.63) is 45.7 Å². The molecule has 1 aromatic heterocycles. The highest BCUT2D eigenvalue weighted by atomic mass is 35.5. The van der Waals surface area contributed by atoms with E-state index in [9.17, 15) is 9.59 Å². The number of carbonyl (C=O) groups excluding carboxylic acids is 2. The van der Waals surface area contributed by atoms with Crippen molar-refractivity contribution in [2.45, 2.75) is 18.9 Å². The van der Waals surface area contributed by atoms with Gasteiger partial charge < -0.3 is 15.4 Å². The van der Waals surface area contributed by atoms with Gasteiger partial charge in [-0.2, -0.15) is 5.10 Å². The number of aromatic nitrogens is 2. The lowest BCUT2D eigenvalue weighted by atomic mass is 10.1. The van der Waals surface area contributed by atoms with E-state index >= 15 is 0 Å². The van der Waals surface area contributed by atoms with Gasteiger partial charge in [0.05, 0.1) is 27.5 Å². The smallest absolute Gasteiger partial charge is 0.358 e. The SMILES string of the molecule is O=C(OC1CCNCC1)c1[nH]ncc1NC(=O)c1c(Cl)cccc1Cl. The predicted molar refractivity (Wildman–Crippen MR) is 94.3 cm³/mol. The van der Waals surface area contributed by atoms with Crippen molar-refractivity contribution in [3.8, 4) is 0 Å². The third-order valence-electron chi connectivity index (χ3n) is 3.84. The number of benzene rings is 1. The summed E-state index contributed by atoms with van der Waals surface area (Å²) in [5.41, 5.74) is 0.416. The van der Waals surface area contributed by atoms with E-state index in [-0.39, 0.29) is 33.1 Å². The van der Waals surface area contributed by atoms with Gasteiger partial charge in [-0.1, -0.05) is 29.3 Å². The van der Waals surface area contributed by atoms with Gasteiger partial charge in [-0.25, -0.2) is 4.79 Å². The molecule has 2 aromatic rings. The number of aromatic amines is 1. The number of nitrogens with one attached hydrogen (secondary N) is 3. The molecule has 25 heavy (non-hydrogen) atoms. The highest BCUT2D eigenvalue weighted by molar-refractivity contribution is 6.40. The third kappa shape index (κ3) is 4.12. The first-order valence-corrected chi connectivity index (χ1v) is 8.52. The molecule has 3 N–H and O–H groups in total. The van der Waals surface area contributed by atoms with Crippen molar-refractivity contribution in [3.63, 3.8) is 0 Å². The summed E-state index contributed by atoms with van der Waals surface area (Å²) in [6.45, 7) is 1.60. The largest absolute Gasteiger partial charge is 0.458 e. The fourth-order valence-electron chi connectivity index (χ4n) is 2.56. The number of esters is 1. The number of piperidine rings is 1. The lowest BCUT2D eigenvalue weighted by Crippen LogP contribution is -2.34. The van der Waals surface area contributed by atoms with Crippen LogP contribution in [0.25, 0.3) is 0 Å². The average Bonchev–Trinajstić information content (AvgIpc) is 3.04. The van der Waals surface area contributed by atoms with Crippen LogP contribution in [0.2, 0.25) is 10.0 Å². The average molecular weight is 383 g/mol. The minimum Gasteiger partial charge on any atom is -0.458 e. The molecule has 2 heterocycles. The zero-order chi connectivity index (χ0) is 17.8. The van der Waals surface area contributed by atoms with Gasteiger partial charge in [0.1, 0.15) is 6.10 Å². The highest BCUT2D eigenvalue weighted by Crippen LogP contribution is 2.26. The number of hydrogen-bond donors (Lipinski definition) is 3. The fourth-order valence-corrected chi connectivity index (χ4v) is 3.13. The molecule has 0 aliphatic carbocycles. The molecule has 3 rings (SSSR count). The van der Waals surface area contributed by atoms with Gasteiger partial charge in [-0.3, -0.25) is 9.89 Å². The zero-order valence-electron chi connectivity index (χ0n) is 13.1. The lowest BCUT2D eigenvalue weighted by molar-refractivity contribution is 0.0224. The molecule has 1 fully saturated rings. The summed E-state index contributed by atoms with van der Waals surface area (Å²) in [6, 6.07) is 4.76. The van der Waals surface area contributed by atoms with E-state index in [2.05, 4.69) is 20.8 Å². The van der Waals surface area contributed by atoms with Gasteiger partial charge in [0.25, 0.3) is 5.91 Å². The first kappa shape index (κ1) is 17.7. The Morgan fingerprint density at radius 2 is 1.88 bits per heavy atom. The van der Waals surface area contributed by atoms with E-state index in [0.717, 1.165) is 25.9 Å². The zero-order valence-corrected chi connectivity index (χ0v) is 14.7. The van der Waals surface area contributed by atoms with Crippen LogP contribution < -0.4 is 10.6 Å². The third-order valence-corrected chi connectivity index (χ3v) is 4.47. The second kappa shape index (κ2) is 7.86. The molecule has 0 atom stereocenters. The molecule has 7 nitrogen and oxygen atoms in total. The topological polar surface area (TPSA) is 96.1 Å². The Morgan fingerprint density at radius 3 is 2.56 bits per heavy atom. The first-order valence-electron chi connectivity index (χ1n) is 7.76. The van der Waals surface area contributed by atoms with Crippen LogP contribution in [0.4, 0.5) is 5.69 Å². The molecule has 0 saturated carbocycles. The normalized spacial score (nSPS) is 15.0. The van der Waals surface area contributed by atoms with Crippen molar-refractivity contribution in [2.24, 2.45) is 0 Å². The number of carbonyl (C=O) groups is 2. The molecule has 0 unspecified atom stereocenters. The standard InChI is InChI=1S/C16H16Cl2N4O3/c17-10-2-1-3-11(18)13(10)15(23)21-12-8-20-22-14(12)16(24)25-9-4-6-19-7-5-9/h1-3,8-9,19H,4-7H2,(H,20,22)(H,21,23). The van der Waals surface area contributed by atoms with Crippen molar-refractivity contribution in [1.82, 2.24) is 15.5 Å². The second-order valence-electron chi connectivity index (χ2n) is 5.56. The van der Waals surface area contributed by atoms with Crippen LogP contribution in [0.5, 0.6) is 0 Å². The lowest BCUT2D eigenvalue weighted by Gasteiger charge is -2.22. The van der Waals surface area contributed by atoms with Gasteiger partial charge in [0, 0.05) is 0 Å². The number of amides is 1. The van der Waals surface area contributed by atoms with E-state index in [0.29, 0.717) is 0 Å². The highest BCUT2D eigenvalue weighted by Gasteiger charge is 2.24.